The third-order valence-corrected chi connectivity index (χ3v) is 7.80. The van der Waals surface area contributed by atoms with Crippen LogP contribution < -0.4 is 0 Å². The Morgan fingerprint density at radius 3 is 2.21 bits per heavy atom. The molecule has 39 heavy (non-hydrogen) atoms. The van der Waals surface area contributed by atoms with Gasteiger partial charge in [-0.1, -0.05) is 47.5 Å². The third kappa shape index (κ3) is 4.94. The second-order valence-corrected chi connectivity index (χ2v) is 10.5. The molecule has 2 aliphatic heterocycles. The SMILES string of the molecule is O=C(O)C[C@@H](c1ccc(Cl)cc1)N1C(=O)c2cc(C(=O)C3CCOCC3)cc(F)c2C1(O)c1ccc(Cl)cc1. The molecule has 1 unspecified atom stereocenters. The summed E-state index contributed by atoms with van der Waals surface area (Å²) < 4.78 is 21.3. The van der Waals surface area contributed by atoms with Crippen LogP contribution in [0.4, 0.5) is 4.39 Å². The van der Waals surface area contributed by atoms with Gasteiger partial charge < -0.3 is 14.9 Å². The molecular weight excluding hydrogens is 548 g/mol. The largest absolute Gasteiger partial charge is 0.481 e. The van der Waals surface area contributed by atoms with Crippen LogP contribution in [0.1, 0.15) is 62.7 Å². The zero-order valence-corrected chi connectivity index (χ0v) is 22.1. The van der Waals surface area contributed by atoms with Gasteiger partial charge in [-0.15, -0.1) is 0 Å². The van der Waals surface area contributed by atoms with Gasteiger partial charge in [-0.25, -0.2) is 4.39 Å². The predicted molar refractivity (Wildman–Crippen MR) is 141 cm³/mol. The number of carbonyl (C=O) groups is 3. The number of carbonyl (C=O) groups excluding carboxylic acids is 2. The van der Waals surface area contributed by atoms with E-state index in [-0.39, 0.29) is 34.0 Å². The van der Waals surface area contributed by atoms with Crippen LogP contribution in [0.2, 0.25) is 10.0 Å². The fourth-order valence-electron chi connectivity index (χ4n) is 5.41. The Labute approximate surface area is 233 Å². The van der Waals surface area contributed by atoms with Crippen molar-refractivity contribution in [2.24, 2.45) is 5.92 Å². The molecule has 1 saturated heterocycles. The minimum absolute atomic E-state index is 0.00748. The number of benzene rings is 3. The monoisotopic (exact) mass is 571 g/mol. The molecule has 0 aliphatic carbocycles. The summed E-state index contributed by atoms with van der Waals surface area (Å²) in [4.78, 5) is 40.2. The molecule has 2 aliphatic rings. The highest BCUT2D eigenvalue weighted by molar-refractivity contribution is 6.30. The molecule has 10 heteroatoms. The Hall–Kier alpha value is -3.30. The Kier molecular flexibility index (Phi) is 7.48. The quantitative estimate of drug-likeness (QED) is 0.357. The van der Waals surface area contributed by atoms with E-state index < -0.39 is 35.9 Å². The number of amides is 1. The first-order valence-corrected chi connectivity index (χ1v) is 13.1. The number of halogens is 3. The van der Waals surface area contributed by atoms with Crippen LogP contribution in [0.5, 0.6) is 0 Å². The van der Waals surface area contributed by atoms with E-state index in [1.165, 1.54) is 42.5 Å². The molecule has 2 heterocycles. The molecule has 7 nitrogen and oxygen atoms in total. The second-order valence-electron chi connectivity index (χ2n) is 9.65. The molecule has 0 radical (unpaired) electrons. The predicted octanol–water partition coefficient (Wildman–Crippen LogP) is 5.61. The zero-order valence-electron chi connectivity index (χ0n) is 20.6. The van der Waals surface area contributed by atoms with Crippen LogP contribution in [-0.2, 0) is 15.3 Å². The first kappa shape index (κ1) is 27.3. The van der Waals surface area contributed by atoms with Gasteiger partial charge in [0.1, 0.15) is 5.82 Å². The highest BCUT2D eigenvalue weighted by Crippen LogP contribution is 2.49. The highest BCUT2D eigenvalue weighted by Gasteiger charge is 2.55. The lowest BCUT2D eigenvalue weighted by Gasteiger charge is -2.40. The molecule has 3 aromatic carbocycles. The zero-order chi connectivity index (χ0) is 27.9. The summed E-state index contributed by atoms with van der Waals surface area (Å²) in [7, 11) is 0. The lowest BCUT2D eigenvalue weighted by atomic mass is 9.87. The van der Waals surface area contributed by atoms with Crippen molar-refractivity contribution in [2.75, 3.05) is 13.2 Å². The summed E-state index contributed by atoms with van der Waals surface area (Å²) in [6.45, 7) is 0.815. The van der Waals surface area contributed by atoms with Crippen LogP contribution in [0.25, 0.3) is 0 Å². The van der Waals surface area contributed by atoms with Crippen molar-refractivity contribution in [2.45, 2.75) is 31.0 Å². The molecule has 1 fully saturated rings. The first-order chi connectivity index (χ1) is 18.6. The van der Waals surface area contributed by atoms with Gasteiger partial charge in [-0.05, 0) is 54.8 Å². The highest BCUT2D eigenvalue weighted by atomic mass is 35.5. The van der Waals surface area contributed by atoms with Gasteiger partial charge in [0.05, 0.1) is 23.6 Å². The molecule has 1 amide bonds. The number of nitrogens with zero attached hydrogens (tertiary/aromatic N) is 1. The summed E-state index contributed by atoms with van der Waals surface area (Å²) in [6, 6.07) is 13.1. The summed E-state index contributed by atoms with van der Waals surface area (Å²) >= 11 is 12.1. The Bertz CT molecular complexity index is 1440. The van der Waals surface area contributed by atoms with E-state index in [2.05, 4.69) is 0 Å². The maximum atomic E-state index is 16.0. The Morgan fingerprint density at radius 2 is 1.62 bits per heavy atom. The van der Waals surface area contributed by atoms with Gasteiger partial charge in [-0.2, -0.15) is 0 Å². The van der Waals surface area contributed by atoms with Crippen molar-refractivity contribution in [3.05, 3.63) is 104 Å². The summed E-state index contributed by atoms with van der Waals surface area (Å²) in [5, 5.41) is 22.8. The van der Waals surface area contributed by atoms with Crippen LogP contribution in [-0.4, -0.2) is 46.0 Å². The van der Waals surface area contributed by atoms with E-state index in [0.29, 0.717) is 41.7 Å². The van der Waals surface area contributed by atoms with E-state index in [0.717, 1.165) is 11.0 Å². The van der Waals surface area contributed by atoms with Crippen molar-refractivity contribution in [1.29, 1.82) is 0 Å². The summed E-state index contributed by atoms with van der Waals surface area (Å²) in [6.07, 6.45) is 0.361. The second kappa shape index (κ2) is 10.7. The number of aliphatic carboxylic acids is 1. The van der Waals surface area contributed by atoms with Gasteiger partial charge >= 0.3 is 5.97 Å². The van der Waals surface area contributed by atoms with Crippen molar-refractivity contribution in [1.82, 2.24) is 4.90 Å². The fraction of sp³-hybridized carbons (Fsp3) is 0.276. The van der Waals surface area contributed by atoms with Gasteiger partial charge in [0.15, 0.2) is 11.5 Å². The average Bonchev–Trinajstić information content (AvgIpc) is 3.15. The number of ketones is 1. The number of rotatable bonds is 7. The average molecular weight is 572 g/mol. The van der Waals surface area contributed by atoms with Crippen molar-refractivity contribution < 1.29 is 33.7 Å². The van der Waals surface area contributed by atoms with Crippen molar-refractivity contribution in [3.8, 4) is 0 Å². The Balaban J connectivity index is 1.70. The lowest BCUT2D eigenvalue weighted by molar-refractivity contribution is -0.140. The van der Waals surface area contributed by atoms with Crippen LogP contribution in [0, 0.1) is 11.7 Å². The maximum absolute atomic E-state index is 16.0. The van der Waals surface area contributed by atoms with Gasteiger partial charge in [-0.3, -0.25) is 19.3 Å². The number of Topliss-reactive ketones (excluding diaryl/α,β-unsaturated/α-hetero) is 1. The number of ether oxygens (including phenoxy) is 1. The number of hydrogen-bond acceptors (Lipinski definition) is 5. The van der Waals surface area contributed by atoms with E-state index in [1.807, 2.05) is 0 Å². The number of fused-ring (bicyclic) bond motifs is 1. The standard InChI is InChI=1S/C29H24Cl2FNO6/c30-20-5-1-16(2-6-20)24(15-25(34)35)33-28(37)22-13-18(27(36)17-9-11-39-12-10-17)14-23(32)26(22)29(33,38)19-3-7-21(31)8-4-19/h1-8,13-14,17,24,38H,9-12,15H2,(H,34,35)/t24-,29?/m0/s1. The fourth-order valence-corrected chi connectivity index (χ4v) is 5.66. The molecule has 2 atom stereocenters. The molecule has 0 bridgehead atoms. The maximum Gasteiger partial charge on any atom is 0.305 e. The molecule has 0 spiro atoms. The molecule has 2 N–H and O–H groups in total. The lowest BCUT2D eigenvalue weighted by Crippen LogP contribution is -2.47. The van der Waals surface area contributed by atoms with Crippen molar-refractivity contribution >= 4 is 40.9 Å². The minimum atomic E-state index is -2.40. The number of carboxylic acid groups (broad SMARTS) is 1. The molecule has 3 aromatic rings. The number of aliphatic hydroxyl groups is 1. The normalized spacial score (nSPS) is 20.1. The summed E-state index contributed by atoms with van der Waals surface area (Å²) in [5.41, 5.74) is -2.50. The summed E-state index contributed by atoms with van der Waals surface area (Å²) in [5.74, 6) is -3.72. The van der Waals surface area contributed by atoms with Crippen LogP contribution in [0.3, 0.4) is 0 Å². The molecule has 202 valence electrons. The topological polar surface area (TPSA) is 104 Å². The van der Waals surface area contributed by atoms with E-state index in [1.54, 1.807) is 12.1 Å². The minimum Gasteiger partial charge on any atom is -0.481 e. The van der Waals surface area contributed by atoms with Crippen molar-refractivity contribution in [3.63, 3.8) is 0 Å². The van der Waals surface area contributed by atoms with E-state index >= 15 is 4.39 Å². The smallest absolute Gasteiger partial charge is 0.305 e. The van der Waals surface area contributed by atoms with Gasteiger partial charge in [0.2, 0.25) is 0 Å². The third-order valence-electron chi connectivity index (χ3n) is 7.29. The Morgan fingerprint density at radius 1 is 1.03 bits per heavy atom. The molecular formula is C29H24Cl2FNO6. The molecule has 0 saturated carbocycles. The number of carboxylic acids is 1. The van der Waals surface area contributed by atoms with Gasteiger partial charge in [0, 0.05) is 40.3 Å². The molecule has 5 rings (SSSR count). The van der Waals surface area contributed by atoms with Crippen LogP contribution in [0.15, 0.2) is 60.7 Å². The number of hydrogen-bond donors (Lipinski definition) is 2. The van der Waals surface area contributed by atoms with Crippen LogP contribution >= 0.6 is 23.2 Å². The molecule has 0 aromatic heterocycles. The first-order valence-electron chi connectivity index (χ1n) is 12.4. The van der Waals surface area contributed by atoms with E-state index in [4.69, 9.17) is 27.9 Å². The van der Waals surface area contributed by atoms with E-state index in [9.17, 15) is 24.6 Å². The van der Waals surface area contributed by atoms with Gasteiger partial charge in [0.25, 0.3) is 5.91 Å².